The Hall–Kier alpha value is 0.0500. The third-order valence-corrected chi connectivity index (χ3v) is 5.00. The Kier molecular flexibility index (Phi) is 3.42. The summed E-state index contributed by atoms with van der Waals surface area (Å²) >= 11 is 17.9. The quantitative estimate of drug-likeness (QED) is 0.838. The third-order valence-electron chi connectivity index (χ3n) is 3.93. The fraction of sp³-hybridized carbons (Fsp3) is 0.500. The van der Waals surface area contributed by atoms with Crippen LogP contribution in [0.25, 0.3) is 0 Å². The van der Waals surface area contributed by atoms with Gasteiger partial charge in [0.1, 0.15) is 0 Å². The number of hydrogen-bond donors (Lipinski definition) is 1. The van der Waals surface area contributed by atoms with Crippen LogP contribution in [0.5, 0.6) is 0 Å². The first-order valence-corrected chi connectivity index (χ1v) is 6.58. The van der Waals surface area contributed by atoms with E-state index in [4.69, 9.17) is 40.5 Å². The van der Waals surface area contributed by atoms with Crippen molar-refractivity contribution in [3.8, 4) is 0 Å². The molecule has 0 aliphatic heterocycles. The van der Waals surface area contributed by atoms with Crippen molar-refractivity contribution in [2.75, 3.05) is 12.4 Å². The first kappa shape index (κ1) is 12.5. The Morgan fingerprint density at radius 2 is 2.00 bits per heavy atom. The summed E-state index contributed by atoms with van der Waals surface area (Å²) in [7, 11) is 0. The number of alkyl halides is 1. The minimum absolute atomic E-state index is 0.00399. The summed E-state index contributed by atoms with van der Waals surface area (Å²) in [6.45, 7) is 2.78. The van der Waals surface area contributed by atoms with Crippen LogP contribution >= 0.6 is 34.8 Å². The Balaban J connectivity index is 2.40. The van der Waals surface area contributed by atoms with Crippen molar-refractivity contribution in [1.82, 2.24) is 0 Å². The van der Waals surface area contributed by atoms with E-state index < -0.39 is 0 Å². The van der Waals surface area contributed by atoms with Gasteiger partial charge in [-0.15, -0.1) is 11.6 Å². The van der Waals surface area contributed by atoms with Crippen LogP contribution in [-0.4, -0.2) is 12.4 Å². The van der Waals surface area contributed by atoms with Gasteiger partial charge >= 0.3 is 0 Å². The molecule has 0 aromatic heterocycles. The molecule has 1 aromatic rings. The molecule has 1 aliphatic rings. The molecule has 0 bridgehead atoms. The number of halogens is 3. The number of hydrogen-bond acceptors (Lipinski definition) is 1. The number of rotatable bonds is 3. The van der Waals surface area contributed by atoms with Crippen molar-refractivity contribution in [3.63, 3.8) is 0 Å². The summed E-state index contributed by atoms with van der Waals surface area (Å²) in [5.74, 6) is 1.59. The minimum atomic E-state index is -0.00399. The molecular formula is C12H14Cl3N. The Morgan fingerprint density at radius 3 is 2.44 bits per heavy atom. The third kappa shape index (κ3) is 1.65. The number of nitrogens with two attached hydrogens (primary N) is 1. The Morgan fingerprint density at radius 1 is 1.31 bits per heavy atom. The van der Waals surface area contributed by atoms with Crippen LogP contribution in [0.15, 0.2) is 18.2 Å². The van der Waals surface area contributed by atoms with Gasteiger partial charge in [0.05, 0.1) is 10.0 Å². The van der Waals surface area contributed by atoms with Crippen molar-refractivity contribution in [2.45, 2.75) is 12.3 Å². The lowest BCUT2D eigenvalue weighted by atomic mass is 9.92. The van der Waals surface area contributed by atoms with Gasteiger partial charge in [0.15, 0.2) is 0 Å². The summed E-state index contributed by atoms with van der Waals surface area (Å²) in [4.78, 5) is 0. The van der Waals surface area contributed by atoms with E-state index >= 15 is 0 Å². The summed E-state index contributed by atoms with van der Waals surface area (Å²) in [5.41, 5.74) is 7.06. The van der Waals surface area contributed by atoms with E-state index in [0.717, 1.165) is 5.56 Å². The van der Waals surface area contributed by atoms with Gasteiger partial charge in [-0.05, 0) is 29.5 Å². The van der Waals surface area contributed by atoms with Crippen LogP contribution in [0, 0.1) is 11.8 Å². The van der Waals surface area contributed by atoms with Crippen molar-refractivity contribution < 1.29 is 0 Å². The standard InChI is InChI=1S/C12H14Cl3N/c1-7-9(5-13)12(7,6-16)8-2-3-10(14)11(15)4-8/h2-4,7,9H,5-6,16H2,1H3/t7?,9?,12-/m0/s1. The highest BCUT2D eigenvalue weighted by atomic mass is 35.5. The predicted octanol–water partition coefficient (Wildman–Crippen LogP) is 3.69. The maximum Gasteiger partial charge on any atom is 0.0595 e. The molecule has 4 heteroatoms. The summed E-state index contributed by atoms with van der Waals surface area (Å²) in [6.07, 6.45) is 0. The molecule has 0 spiro atoms. The molecule has 0 saturated heterocycles. The summed E-state index contributed by atoms with van der Waals surface area (Å²) in [6, 6.07) is 5.75. The topological polar surface area (TPSA) is 26.0 Å². The van der Waals surface area contributed by atoms with E-state index in [2.05, 4.69) is 6.92 Å². The molecule has 2 unspecified atom stereocenters. The molecule has 0 heterocycles. The van der Waals surface area contributed by atoms with E-state index in [1.165, 1.54) is 0 Å². The van der Waals surface area contributed by atoms with Gasteiger partial charge in [-0.1, -0.05) is 36.2 Å². The van der Waals surface area contributed by atoms with Crippen molar-refractivity contribution >= 4 is 34.8 Å². The van der Waals surface area contributed by atoms with E-state index in [1.807, 2.05) is 18.2 Å². The zero-order chi connectivity index (χ0) is 11.9. The number of benzene rings is 1. The van der Waals surface area contributed by atoms with Crippen molar-refractivity contribution in [3.05, 3.63) is 33.8 Å². The van der Waals surface area contributed by atoms with E-state index in [9.17, 15) is 0 Å². The highest BCUT2D eigenvalue weighted by Crippen LogP contribution is 2.59. The lowest BCUT2D eigenvalue weighted by molar-refractivity contribution is 0.621. The lowest BCUT2D eigenvalue weighted by Crippen LogP contribution is -2.24. The monoisotopic (exact) mass is 277 g/mol. The smallest absolute Gasteiger partial charge is 0.0595 e. The molecule has 16 heavy (non-hydrogen) atoms. The SMILES string of the molecule is CC1C(CCl)[C@]1(CN)c1ccc(Cl)c(Cl)c1. The van der Waals surface area contributed by atoms with Crippen LogP contribution in [0.4, 0.5) is 0 Å². The Bertz CT molecular complexity index is 407. The second kappa shape index (κ2) is 4.38. The highest BCUT2D eigenvalue weighted by Gasteiger charge is 2.61. The molecule has 1 aliphatic carbocycles. The minimum Gasteiger partial charge on any atom is -0.330 e. The molecule has 2 rings (SSSR count). The molecule has 1 nitrogen and oxygen atoms in total. The van der Waals surface area contributed by atoms with Gasteiger partial charge in [-0.2, -0.15) is 0 Å². The second-order valence-corrected chi connectivity index (χ2v) is 5.55. The molecule has 1 saturated carbocycles. The summed E-state index contributed by atoms with van der Waals surface area (Å²) < 4.78 is 0. The molecule has 1 aromatic carbocycles. The highest BCUT2D eigenvalue weighted by molar-refractivity contribution is 6.42. The van der Waals surface area contributed by atoms with Gasteiger partial charge in [-0.25, -0.2) is 0 Å². The summed E-state index contributed by atoms with van der Waals surface area (Å²) in [5, 5.41) is 1.16. The van der Waals surface area contributed by atoms with Gasteiger partial charge in [0, 0.05) is 17.8 Å². The van der Waals surface area contributed by atoms with Gasteiger partial charge in [0.2, 0.25) is 0 Å². The average Bonchev–Trinajstić information content (AvgIpc) is 2.88. The second-order valence-electron chi connectivity index (χ2n) is 4.42. The Labute approximate surface area is 111 Å². The van der Waals surface area contributed by atoms with Gasteiger partial charge < -0.3 is 5.73 Å². The zero-order valence-corrected chi connectivity index (χ0v) is 11.3. The fourth-order valence-corrected chi connectivity index (χ4v) is 3.56. The van der Waals surface area contributed by atoms with Crippen molar-refractivity contribution in [1.29, 1.82) is 0 Å². The first-order valence-electron chi connectivity index (χ1n) is 5.29. The molecule has 3 atom stereocenters. The molecule has 1 fully saturated rings. The molecule has 2 N–H and O–H groups in total. The average molecular weight is 279 g/mol. The van der Waals surface area contributed by atoms with Crippen LogP contribution < -0.4 is 5.73 Å². The maximum absolute atomic E-state index is 6.04. The molecule has 0 amide bonds. The van der Waals surface area contributed by atoms with Crippen LogP contribution in [0.2, 0.25) is 10.0 Å². The van der Waals surface area contributed by atoms with Crippen LogP contribution in [0.1, 0.15) is 12.5 Å². The molecular weight excluding hydrogens is 264 g/mol. The van der Waals surface area contributed by atoms with E-state index in [1.54, 1.807) is 0 Å². The van der Waals surface area contributed by atoms with Gasteiger partial charge in [-0.3, -0.25) is 0 Å². The van der Waals surface area contributed by atoms with E-state index in [-0.39, 0.29) is 5.41 Å². The molecule has 0 radical (unpaired) electrons. The lowest BCUT2D eigenvalue weighted by Gasteiger charge is -2.16. The van der Waals surface area contributed by atoms with Gasteiger partial charge in [0.25, 0.3) is 0 Å². The first-order chi connectivity index (χ1) is 7.57. The molecule has 88 valence electrons. The maximum atomic E-state index is 6.04. The van der Waals surface area contributed by atoms with Crippen LogP contribution in [-0.2, 0) is 5.41 Å². The zero-order valence-electron chi connectivity index (χ0n) is 9.01. The van der Waals surface area contributed by atoms with E-state index in [0.29, 0.717) is 34.3 Å². The fourth-order valence-electron chi connectivity index (χ4n) is 2.72. The van der Waals surface area contributed by atoms with Crippen LogP contribution in [0.3, 0.4) is 0 Å². The van der Waals surface area contributed by atoms with Crippen molar-refractivity contribution in [2.24, 2.45) is 17.6 Å². The normalized spacial score (nSPS) is 32.8. The largest absolute Gasteiger partial charge is 0.330 e. The predicted molar refractivity (Wildman–Crippen MR) is 70.6 cm³/mol.